The molecule has 0 radical (unpaired) electrons. The van der Waals surface area contributed by atoms with Crippen molar-refractivity contribution >= 4 is 22.6 Å². The maximum absolute atomic E-state index is 14.0. The number of nitrogens with one attached hydrogen (secondary N) is 1. The van der Waals surface area contributed by atoms with E-state index in [-0.39, 0.29) is 6.54 Å². The van der Waals surface area contributed by atoms with E-state index in [0.29, 0.717) is 41.9 Å². The molecule has 34 heavy (non-hydrogen) atoms. The van der Waals surface area contributed by atoms with Gasteiger partial charge in [-0.2, -0.15) is 0 Å². The topological polar surface area (TPSA) is 97.5 Å². The van der Waals surface area contributed by atoms with Crippen LogP contribution in [0.3, 0.4) is 0 Å². The molecule has 6 nitrogen and oxygen atoms in total. The number of carbonyl (C=O) groups is 1. The molecule has 4 rings (SSSR count). The lowest BCUT2D eigenvalue weighted by Gasteiger charge is -2.18. The van der Waals surface area contributed by atoms with E-state index in [1.54, 1.807) is 6.07 Å². The van der Waals surface area contributed by atoms with Crippen LogP contribution in [0.15, 0.2) is 66.7 Å². The number of hydrogen-bond donors (Lipinski definition) is 3. The molecular formula is C27H26FN3O3. The van der Waals surface area contributed by atoms with Gasteiger partial charge in [-0.15, -0.1) is 0 Å². The van der Waals surface area contributed by atoms with Gasteiger partial charge < -0.3 is 20.9 Å². The molecule has 4 aromatic rings. The Morgan fingerprint density at radius 2 is 1.82 bits per heavy atom. The first-order chi connectivity index (χ1) is 16.5. The average Bonchev–Trinajstić information content (AvgIpc) is 2.84. The summed E-state index contributed by atoms with van der Waals surface area (Å²) in [7, 11) is 0. The number of carboxylic acid groups (broad SMARTS) is 1. The first kappa shape index (κ1) is 23.2. The number of benzene rings is 3. The second kappa shape index (κ2) is 10.3. The number of halogens is 1. The summed E-state index contributed by atoms with van der Waals surface area (Å²) in [5, 5.41) is 12.7. The van der Waals surface area contributed by atoms with Crippen molar-refractivity contribution in [2.24, 2.45) is 5.73 Å². The first-order valence-electron chi connectivity index (χ1n) is 11.1. The van der Waals surface area contributed by atoms with E-state index in [1.165, 1.54) is 12.1 Å². The van der Waals surface area contributed by atoms with Crippen LogP contribution in [0.5, 0.6) is 5.75 Å². The van der Waals surface area contributed by atoms with Crippen molar-refractivity contribution in [1.29, 1.82) is 0 Å². The van der Waals surface area contributed by atoms with Crippen LogP contribution in [0.1, 0.15) is 12.5 Å². The summed E-state index contributed by atoms with van der Waals surface area (Å²) in [5.41, 5.74) is 11.3. The van der Waals surface area contributed by atoms with E-state index >= 15 is 0 Å². The molecule has 0 saturated carbocycles. The van der Waals surface area contributed by atoms with Crippen molar-refractivity contribution < 1.29 is 19.0 Å². The van der Waals surface area contributed by atoms with Crippen LogP contribution in [0.25, 0.3) is 33.3 Å². The minimum Gasteiger partial charge on any atom is -0.493 e. The van der Waals surface area contributed by atoms with Crippen molar-refractivity contribution in [1.82, 2.24) is 4.98 Å². The van der Waals surface area contributed by atoms with Crippen LogP contribution in [0.4, 0.5) is 10.1 Å². The maximum atomic E-state index is 14.0. The standard InChI is InChI=1S/C27H26FN3O3/c1-2-34-24-6-4-3-5-20(24)17-7-9-18(10-8-17)26-21(13-14-29)27(30-16-25(32)33)22-15-19(28)11-12-23(22)31-26/h3-12,15H,2,13-14,16,29H2,1H3,(H,30,31)(H,32,33). The summed E-state index contributed by atoms with van der Waals surface area (Å²) in [6.45, 7) is 2.55. The number of nitrogens with two attached hydrogens (primary N) is 1. The zero-order chi connectivity index (χ0) is 24.1. The van der Waals surface area contributed by atoms with Gasteiger partial charge in [0.15, 0.2) is 0 Å². The number of carboxylic acids is 1. The van der Waals surface area contributed by atoms with Gasteiger partial charge in [0.05, 0.1) is 17.8 Å². The molecule has 0 unspecified atom stereocenters. The number of aromatic nitrogens is 1. The van der Waals surface area contributed by atoms with E-state index in [9.17, 15) is 14.3 Å². The van der Waals surface area contributed by atoms with Crippen molar-refractivity contribution in [2.75, 3.05) is 25.0 Å². The number of aliphatic carboxylic acids is 1. The van der Waals surface area contributed by atoms with E-state index in [2.05, 4.69) is 5.32 Å². The molecule has 0 fully saturated rings. The van der Waals surface area contributed by atoms with E-state index < -0.39 is 11.8 Å². The molecule has 0 aliphatic carbocycles. The molecule has 3 aromatic carbocycles. The number of ether oxygens (including phenoxy) is 1. The second-order valence-electron chi connectivity index (χ2n) is 7.77. The molecule has 174 valence electrons. The third-order valence-corrected chi connectivity index (χ3v) is 5.51. The zero-order valence-corrected chi connectivity index (χ0v) is 18.8. The molecule has 0 aliphatic rings. The second-order valence-corrected chi connectivity index (χ2v) is 7.77. The number of fused-ring (bicyclic) bond motifs is 1. The summed E-state index contributed by atoms with van der Waals surface area (Å²) in [6.07, 6.45) is 0.450. The van der Waals surface area contributed by atoms with Crippen LogP contribution in [0, 0.1) is 5.82 Å². The van der Waals surface area contributed by atoms with Gasteiger partial charge in [0.25, 0.3) is 0 Å². The third kappa shape index (κ3) is 4.84. The lowest BCUT2D eigenvalue weighted by atomic mass is 9.96. The smallest absolute Gasteiger partial charge is 0.322 e. The minimum atomic E-state index is -1.01. The van der Waals surface area contributed by atoms with Gasteiger partial charge >= 0.3 is 5.97 Å². The summed E-state index contributed by atoms with van der Waals surface area (Å²) in [6, 6.07) is 20.1. The molecule has 0 bridgehead atoms. The zero-order valence-electron chi connectivity index (χ0n) is 18.8. The van der Waals surface area contributed by atoms with Crippen molar-refractivity contribution in [2.45, 2.75) is 13.3 Å². The van der Waals surface area contributed by atoms with Crippen LogP contribution in [-0.2, 0) is 11.2 Å². The highest BCUT2D eigenvalue weighted by Gasteiger charge is 2.18. The van der Waals surface area contributed by atoms with Gasteiger partial charge in [0.1, 0.15) is 18.1 Å². The normalized spacial score (nSPS) is 10.9. The Balaban J connectivity index is 1.84. The molecule has 0 atom stereocenters. The fourth-order valence-electron chi connectivity index (χ4n) is 4.06. The molecule has 1 aromatic heterocycles. The summed E-state index contributed by atoms with van der Waals surface area (Å²) >= 11 is 0. The van der Waals surface area contributed by atoms with Gasteiger partial charge in [-0.3, -0.25) is 4.79 Å². The highest BCUT2D eigenvalue weighted by atomic mass is 19.1. The molecule has 1 heterocycles. The summed E-state index contributed by atoms with van der Waals surface area (Å²) in [5.74, 6) is -0.622. The Labute approximate surface area is 197 Å². The third-order valence-electron chi connectivity index (χ3n) is 5.51. The lowest BCUT2D eigenvalue weighted by Crippen LogP contribution is -2.16. The fourth-order valence-corrected chi connectivity index (χ4v) is 4.06. The van der Waals surface area contributed by atoms with E-state index in [4.69, 9.17) is 15.5 Å². The Bertz CT molecular complexity index is 1320. The van der Waals surface area contributed by atoms with Crippen molar-refractivity contribution in [3.05, 3.63) is 78.1 Å². The van der Waals surface area contributed by atoms with Crippen LogP contribution in [-0.4, -0.2) is 35.8 Å². The predicted molar refractivity (Wildman–Crippen MR) is 133 cm³/mol. The summed E-state index contributed by atoms with van der Waals surface area (Å²) in [4.78, 5) is 16.1. The van der Waals surface area contributed by atoms with Gasteiger partial charge in [-0.05, 0) is 49.7 Å². The maximum Gasteiger partial charge on any atom is 0.322 e. The molecule has 0 aliphatic heterocycles. The number of rotatable bonds is 9. The lowest BCUT2D eigenvalue weighted by molar-refractivity contribution is -0.134. The Kier molecular flexibility index (Phi) is 7.04. The van der Waals surface area contributed by atoms with E-state index in [1.807, 2.05) is 55.5 Å². The number of anilines is 1. The van der Waals surface area contributed by atoms with E-state index in [0.717, 1.165) is 28.0 Å². The largest absolute Gasteiger partial charge is 0.493 e. The van der Waals surface area contributed by atoms with Crippen molar-refractivity contribution in [3.8, 4) is 28.1 Å². The number of para-hydroxylation sites is 1. The molecule has 4 N–H and O–H groups in total. The van der Waals surface area contributed by atoms with Crippen molar-refractivity contribution in [3.63, 3.8) is 0 Å². The van der Waals surface area contributed by atoms with Gasteiger partial charge in [0, 0.05) is 27.8 Å². The van der Waals surface area contributed by atoms with Gasteiger partial charge in [-0.25, -0.2) is 9.37 Å². The highest BCUT2D eigenvalue weighted by molar-refractivity contribution is 5.97. The predicted octanol–water partition coefficient (Wildman–Crippen LogP) is 5.10. The SMILES string of the molecule is CCOc1ccccc1-c1ccc(-c2nc3ccc(F)cc3c(NCC(=O)O)c2CCN)cc1. The van der Waals surface area contributed by atoms with Crippen LogP contribution >= 0.6 is 0 Å². The van der Waals surface area contributed by atoms with Crippen LogP contribution < -0.4 is 15.8 Å². The molecule has 0 spiro atoms. The highest BCUT2D eigenvalue weighted by Crippen LogP contribution is 2.36. The van der Waals surface area contributed by atoms with Gasteiger partial charge in [-0.1, -0.05) is 42.5 Å². The Hall–Kier alpha value is -3.97. The fraction of sp³-hybridized carbons (Fsp3) is 0.185. The van der Waals surface area contributed by atoms with Gasteiger partial charge in [0.2, 0.25) is 0 Å². The summed E-state index contributed by atoms with van der Waals surface area (Å²) < 4.78 is 19.8. The number of pyridine rings is 1. The minimum absolute atomic E-state index is 0.306. The molecule has 7 heteroatoms. The Morgan fingerprint density at radius 1 is 1.09 bits per heavy atom. The molecule has 0 amide bonds. The average molecular weight is 460 g/mol. The first-order valence-corrected chi connectivity index (χ1v) is 11.1. The number of hydrogen-bond acceptors (Lipinski definition) is 5. The molecular weight excluding hydrogens is 433 g/mol. The quantitative estimate of drug-likeness (QED) is 0.322. The Morgan fingerprint density at radius 3 is 2.53 bits per heavy atom. The molecule has 0 saturated heterocycles. The monoisotopic (exact) mass is 459 g/mol. The number of nitrogens with zero attached hydrogens (tertiary/aromatic N) is 1. The van der Waals surface area contributed by atoms with Crippen LogP contribution in [0.2, 0.25) is 0 Å².